The minimum absolute atomic E-state index is 0.324. The Labute approximate surface area is 69.8 Å². The van der Waals surface area contributed by atoms with Gasteiger partial charge in [0.05, 0.1) is 11.1 Å². The molecule has 0 aliphatic heterocycles. The average Bonchev–Trinajstić information content (AvgIpc) is 1.94. The Morgan fingerprint density at radius 1 is 1.73 bits per heavy atom. The maximum atomic E-state index is 9.15. The minimum Gasteiger partial charge on any atom is -0.389 e. The second-order valence-electron chi connectivity index (χ2n) is 2.30. The number of nitrogens with zero attached hydrogens (tertiary/aromatic N) is 1. The molecule has 0 aliphatic rings. The highest BCUT2D eigenvalue weighted by Gasteiger charge is 2.06. The third-order valence-corrected chi connectivity index (χ3v) is 1.57. The van der Waals surface area contributed by atoms with E-state index in [2.05, 4.69) is 4.98 Å². The highest BCUT2D eigenvalue weighted by Crippen LogP contribution is 2.20. The van der Waals surface area contributed by atoms with Crippen LogP contribution in [0.5, 0.6) is 0 Å². The first-order chi connectivity index (χ1) is 5.11. The largest absolute Gasteiger partial charge is 0.389 e. The van der Waals surface area contributed by atoms with Crippen LogP contribution < -0.4 is 5.73 Å². The molecule has 0 saturated heterocycles. The first-order valence-corrected chi connectivity index (χ1v) is 3.58. The van der Waals surface area contributed by atoms with Gasteiger partial charge in [-0.15, -0.1) is 0 Å². The fraction of sp³-hybridized carbons (Fsp3) is 0.286. The smallest absolute Gasteiger partial charge is 0.129 e. The normalized spacial score (nSPS) is 13.0. The zero-order valence-corrected chi connectivity index (χ0v) is 6.84. The zero-order chi connectivity index (χ0) is 8.43. The second kappa shape index (κ2) is 3.07. The molecule has 0 fully saturated rings. The van der Waals surface area contributed by atoms with E-state index in [0.29, 0.717) is 16.4 Å². The Morgan fingerprint density at radius 3 is 2.82 bits per heavy atom. The Morgan fingerprint density at radius 2 is 2.36 bits per heavy atom. The topological polar surface area (TPSA) is 59.1 Å². The first-order valence-electron chi connectivity index (χ1n) is 3.20. The lowest BCUT2D eigenvalue weighted by molar-refractivity contribution is 0.200. The van der Waals surface area contributed by atoms with Crippen LogP contribution in [0.2, 0.25) is 5.02 Å². The molecule has 60 valence electrons. The van der Waals surface area contributed by atoms with Gasteiger partial charge < -0.3 is 10.8 Å². The maximum absolute atomic E-state index is 9.15. The summed E-state index contributed by atoms with van der Waals surface area (Å²) in [6.07, 6.45) is 0.823. The summed E-state index contributed by atoms with van der Waals surface area (Å²) in [4.78, 5) is 3.79. The molecular formula is C7H9ClN2O. The van der Waals surface area contributed by atoms with Crippen LogP contribution in [0.4, 0.5) is 5.82 Å². The summed E-state index contributed by atoms with van der Waals surface area (Å²) in [5.74, 6) is 0.324. The lowest BCUT2D eigenvalue weighted by Crippen LogP contribution is -2.00. The number of halogens is 1. The number of hydrogen-bond acceptors (Lipinski definition) is 3. The van der Waals surface area contributed by atoms with Crippen LogP contribution in [-0.2, 0) is 0 Å². The van der Waals surface area contributed by atoms with Gasteiger partial charge in [-0.3, -0.25) is 0 Å². The standard InChI is InChI=1S/C7H9ClN2O/c1-4(11)6-2-5(8)3-10-7(6)9/h2-4,11H,1H3,(H2,9,10). The fourth-order valence-corrected chi connectivity index (χ4v) is 0.966. The van der Waals surface area contributed by atoms with Gasteiger partial charge in [-0.1, -0.05) is 11.6 Å². The molecule has 1 rings (SSSR count). The van der Waals surface area contributed by atoms with E-state index in [1.807, 2.05) is 0 Å². The lowest BCUT2D eigenvalue weighted by atomic mass is 10.2. The maximum Gasteiger partial charge on any atom is 0.129 e. The molecule has 0 aliphatic carbocycles. The van der Waals surface area contributed by atoms with Crippen LogP contribution in [0.15, 0.2) is 12.3 Å². The van der Waals surface area contributed by atoms with E-state index < -0.39 is 6.10 Å². The van der Waals surface area contributed by atoms with Gasteiger partial charge in [0.2, 0.25) is 0 Å². The van der Waals surface area contributed by atoms with Crippen LogP contribution in [-0.4, -0.2) is 10.1 Å². The van der Waals surface area contributed by atoms with E-state index in [0.717, 1.165) is 0 Å². The van der Waals surface area contributed by atoms with E-state index in [1.165, 1.54) is 6.20 Å². The number of hydrogen-bond donors (Lipinski definition) is 2. The molecule has 4 heteroatoms. The van der Waals surface area contributed by atoms with Crippen LogP contribution in [0.3, 0.4) is 0 Å². The Hall–Kier alpha value is -0.800. The SMILES string of the molecule is CC(O)c1cc(Cl)cnc1N. The van der Waals surface area contributed by atoms with Crippen molar-refractivity contribution in [2.24, 2.45) is 0 Å². The Balaban J connectivity index is 3.13. The van der Waals surface area contributed by atoms with Crippen LogP contribution in [0, 0.1) is 0 Å². The number of nitrogens with two attached hydrogens (primary N) is 1. The number of anilines is 1. The molecule has 1 aromatic heterocycles. The van der Waals surface area contributed by atoms with Gasteiger partial charge in [-0.2, -0.15) is 0 Å². The third-order valence-electron chi connectivity index (χ3n) is 1.37. The monoisotopic (exact) mass is 172 g/mol. The summed E-state index contributed by atoms with van der Waals surface area (Å²) in [6.45, 7) is 1.61. The molecule has 0 amide bonds. The number of nitrogen functional groups attached to an aromatic ring is 1. The fourth-order valence-electron chi connectivity index (χ4n) is 0.800. The van der Waals surface area contributed by atoms with Gasteiger partial charge >= 0.3 is 0 Å². The molecule has 1 unspecified atom stereocenters. The molecule has 11 heavy (non-hydrogen) atoms. The van der Waals surface area contributed by atoms with Crippen LogP contribution >= 0.6 is 11.6 Å². The van der Waals surface area contributed by atoms with Crippen molar-refractivity contribution >= 4 is 17.4 Å². The molecule has 0 bridgehead atoms. The highest BCUT2D eigenvalue weighted by molar-refractivity contribution is 6.30. The lowest BCUT2D eigenvalue weighted by Gasteiger charge is -2.06. The molecule has 0 saturated carbocycles. The van der Waals surface area contributed by atoms with Crippen molar-refractivity contribution in [2.75, 3.05) is 5.73 Å². The average molecular weight is 173 g/mol. The number of aromatic nitrogens is 1. The molecule has 3 nitrogen and oxygen atoms in total. The van der Waals surface area contributed by atoms with Crippen molar-refractivity contribution in [3.05, 3.63) is 22.8 Å². The van der Waals surface area contributed by atoms with Gasteiger partial charge in [0.15, 0.2) is 0 Å². The molecule has 0 spiro atoms. The van der Waals surface area contributed by atoms with Crippen molar-refractivity contribution in [1.29, 1.82) is 0 Å². The first kappa shape index (κ1) is 8.30. The van der Waals surface area contributed by atoms with Crippen molar-refractivity contribution in [2.45, 2.75) is 13.0 Å². The molecule has 0 radical (unpaired) electrons. The molecule has 1 atom stereocenters. The predicted octanol–water partition coefficient (Wildman–Crippen LogP) is 1.37. The quantitative estimate of drug-likeness (QED) is 0.673. The molecule has 3 N–H and O–H groups in total. The predicted molar refractivity (Wildman–Crippen MR) is 44.3 cm³/mol. The van der Waals surface area contributed by atoms with E-state index in [4.69, 9.17) is 22.4 Å². The van der Waals surface area contributed by atoms with Crippen LogP contribution in [0.1, 0.15) is 18.6 Å². The summed E-state index contributed by atoms with van der Waals surface area (Å²) in [6, 6.07) is 1.61. The third kappa shape index (κ3) is 1.82. The van der Waals surface area contributed by atoms with Gasteiger partial charge in [0.1, 0.15) is 5.82 Å². The number of aliphatic hydroxyl groups excluding tert-OH is 1. The summed E-state index contributed by atoms with van der Waals surface area (Å²) < 4.78 is 0. The van der Waals surface area contributed by atoms with Crippen molar-refractivity contribution in [1.82, 2.24) is 4.98 Å². The van der Waals surface area contributed by atoms with Gasteiger partial charge in [0.25, 0.3) is 0 Å². The van der Waals surface area contributed by atoms with Gasteiger partial charge in [0, 0.05) is 11.8 Å². The summed E-state index contributed by atoms with van der Waals surface area (Å²) in [5, 5.41) is 9.63. The van der Waals surface area contributed by atoms with E-state index in [9.17, 15) is 0 Å². The number of rotatable bonds is 1. The Kier molecular flexibility index (Phi) is 2.31. The number of aliphatic hydroxyl groups is 1. The van der Waals surface area contributed by atoms with Gasteiger partial charge in [-0.25, -0.2) is 4.98 Å². The number of pyridine rings is 1. The summed E-state index contributed by atoms with van der Waals surface area (Å²) in [5.41, 5.74) is 6.03. The highest BCUT2D eigenvalue weighted by atomic mass is 35.5. The molecule has 0 aromatic carbocycles. The van der Waals surface area contributed by atoms with E-state index in [-0.39, 0.29) is 0 Å². The summed E-state index contributed by atoms with van der Waals surface area (Å²) in [7, 11) is 0. The molecular weight excluding hydrogens is 164 g/mol. The molecule has 1 aromatic rings. The minimum atomic E-state index is -0.624. The van der Waals surface area contributed by atoms with E-state index in [1.54, 1.807) is 13.0 Å². The van der Waals surface area contributed by atoms with Crippen molar-refractivity contribution in [3.8, 4) is 0 Å². The second-order valence-corrected chi connectivity index (χ2v) is 2.74. The summed E-state index contributed by atoms with van der Waals surface area (Å²) >= 11 is 5.63. The van der Waals surface area contributed by atoms with Crippen molar-refractivity contribution in [3.63, 3.8) is 0 Å². The van der Waals surface area contributed by atoms with E-state index >= 15 is 0 Å². The van der Waals surface area contributed by atoms with Crippen molar-refractivity contribution < 1.29 is 5.11 Å². The zero-order valence-electron chi connectivity index (χ0n) is 6.08. The van der Waals surface area contributed by atoms with Gasteiger partial charge in [-0.05, 0) is 13.0 Å². The molecule has 1 heterocycles. The Bertz CT molecular complexity index is 263. The van der Waals surface area contributed by atoms with Crippen LogP contribution in [0.25, 0.3) is 0 Å².